The number of hydrogen-bond donors (Lipinski definition) is 1. The molecule has 0 aliphatic rings. The van der Waals surface area contributed by atoms with Crippen molar-refractivity contribution in [3.05, 3.63) is 65.6 Å². The zero-order chi connectivity index (χ0) is 17.8. The van der Waals surface area contributed by atoms with E-state index in [0.29, 0.717) is 24.0 Å². The van der Waals surface area contributed by atoms with Gasteiger partial charge in [-0.15, -0.1) is 0 Å². The molecule has 2 heterocycles. The van der Waals surface area contributed by atoms with Crippen LogP contribution >= 0.6 is 0 Å². The second-order valence-electron chi connectivity index (χ2n) is 5.87. The number of aromatic amines is 1. The molecule has 0 atom stereocenters. The Labute approximate surface area is 145 Å². The number of aromatic carboxylic acids is 1. The number of likely N-dealkylation sites (N-methyl/N-ethyl adjacent to an activating group) is 1. The molecule has 0 unspecified atom stereocenters. The summed E-state index contributed by atoms with van der Waals surface area (Å²) in [5.41, 5.74) is 2.02. The highest BCUT2D eigenvalue weighted by Gasteiger charge is 2.17. The summed E-state index contributed by atoms with van der Waals surface area (Å²) in [6, 6.07) is 12.9. The number of carboxylic acid groups (broad SMARTS) is 1. The molecule has 0 aliphatic heterocycles. The highest BCUT2D eigenvalue weighted by Crippen LogP contribution is 2.23. The van der Waals surface area contributed by atoms with Crippen molar-refractivity contribution in [2.75, 3.05) is 13.6 Å². The lowest BCUT2D eigenvalue weighted by molar-refractivity contribution is -0.255. The Morgan fingerprint density at radius 3 is 2.64 bits per heavy atom. The Hall–Kier alpha value is -3.15. The Morgan fingerprint density at radius 2 is 1.92 bits per heavy atom. The molecule has 0 saturated carbocycles. The third kappa shape index (κ3) is 3.68. The van der Waals surface area contributed by atoms with E-state index in [4.69, 9.17) is 0 Å². The molecule has 0 bridgehead atoms. The molecular formula is C19H18N3O3-. The van der Waals surface area contributed by atoms with Gasteiger partial charge in [0.2, 0.25) is 5.91 Å². The monoisotopic (exact) mass is 336 g/mol. The number of aromatic nitrogens is 2. The first-order valence-corrected chi connectivity index (χ1v) is 8.01. The average Bonchev–Trinajstić information content (AvgIpc) is 2.99. The maximum absolute atomic E-state index is 12.5. The fraction of sp³-hybridized carbons (Fsp3) is 0.211. The van der Waals surface area contributed by atoms with Gasteiger partial charge in [-0.2, -0.15) is 0 Å². The topological polar surface area (TPSA) is 89.1 Å². The molecule has 6 nitrogen and oxygen atoms in total. The van der Waals surface area contributed by atoms with Crippen LogP contribution in [0, 0.1) is 0 Å². The van der Waals surface area contributed by atoms with E-state index in [-0.39, 0.29) is 18.0 Å². The maximum atomic E-state index is 12.5. The smallest absolute Gasteiger partial charge is 0.226 e. The van der Waals surface area contributed by atoms with E-state index >= 15 is 0 Å². The lowest BCUT2D eigenvalue weighted by atomic mass is 10.1. The minimum absolute atomic E-state index is 0.00600. The fourth-order valence-corrected chi connectivity index (χ4v) is 2.80. The Kier molecular flexibility index (Phi) is 4.79. The van der Waals surface area contributed by atoms with E-state index in [0.717, 1.165) is 11.1 Å². The van der Waals surface area contributed by atoms with Crippen LogP contribution in [-0.4, -0.2) is 40.3 Å². The molecule has 3 rings (SSSR count). The van der Waals surface area contributed by atoms with Crippen LogP contribution in [-0.2, 0) is 17.6 Å². The molecule has 2 aromatic heterocycles. The number of nitrogens with one attached hydrogen (secondary N) is 1. The minimum atomic E-state index is -1.31. The van der Waals surface area contributed by atoms with Crippen LogP contribution in [0.4, 0.5) is 0 Å². The average molecular weight is 336 g/mol. The first-order valence-electron chi connectivity index (χ1n) is 8.01. The highest BCUT2D eigenvalue weighted by molar-refractivity contribution is 5.99. The summed E-state index contributed by atoms with van der Waals surface area (Å²) in [4.78, 5) is 32.6. The zero-order valence-electron chi connectivity index (χ0n) is 13.9. The molecular weight excluding hydrogens is 318 g/mol. The predicted octanol–water partition coefficient (Wildman–Crippen LogP) is 1.17. The van der Waals surface area contributed by atoms with Crippen molar-refractivity contribution in [3.63, 3.8) is 0 Å². The number of H-pyrrole nitrogens is 1. The predicted molar refractivity (Wildman–Crippen MR) is 91.9 cm³/mol. The fourth-order valence-electron chi connectivity index (χ4n) is 2.80. The molecule has 0 radical (unpaired) electrons. The van der Waals surface area contributed by atoms with Gasteiger partial charge in [0.1, 0.15) is 0 Å². The second kappa shape index (κ2) is 7.17. The first kappa shape index (κ1) is 16.7. The Morgan fingerprint density at radius 1 is 1.16 bits per heavy atom. The van der Waals surface area contributed by atoms with Crippen molar-refractivity contribution in [3.8, 4) is 0 Å². The number of pyridine rings is 1. The van der Waals surface area contributed by atoms with Gasteiger partial charge in [-0.25, -0.2) is 0 Å². The number of fused-ring (bicyclic) bond motifs is 1. The Balaban J connectivity index is 1.75. The van der Waals surface area contributed by atoms with Crippen LogP contribution in [0.15, 0.2) is 48.7 Å². The van der Waals surface area contributed by atoms with Gasteiger partial charge in [0.25, 0.3) is 0 Å². The van der Waals surface area contributed by atoms with Gasteiger partial charge in [0.15, 0.2) is 0 Å². The third-order valence-electron chi connectivity index (χ3n) is 4.20. The quantitative estimate of drug-likeness (QED) is 0.732. The van der Waals surface area contributed by atoms with E-state index in [1.54, 1.807) is 30.3 Å². The molecule has 6 heteroatoms. The van der Waals surface area contributed by atoms with Gasteiger partial charge >= 0.3 is 0 Å². The zero-order valence-corrected chi connectivity index (χ0v) is 13.9. The lowest BCUT2D eigenvalue weighted by Gasteiger charge is -2.17. The lowest BCUT2D eigenvalue weighted by Crippen LogP contribution is -2.31. The van der Waals surface area contributed by atoms with Gasteiger partial charge in [-0.1, -0.05) is 24.3 Å². The molecule has 0 saturated heterocycles. The van der Waals surface area contributed by atoms with Crippen LogP contribution in [0.25, 0.3) is 10.9 Å². The number of carbonyl (C=O) groups excluding carboxylic acids is 2. The maximum Gasteiger partial charge on any atom is 0.226 e. The van der Waals surface area contributed by atoms with Crippen LogP contribution in [0.1, 0.15) is 21.7 Å². The van der Waals surface area contributed by atoms with Gasteiger partial charge in [0.05, 0.1) is 18.1 Å². The van der Waals surface area contributed by atoms with Crippen molar-refractivity contribution in [1.82, 2.24) is 14.9 Å². The number of hydrogen-bond acceptors (Lipinski definition) is 4. The third-order valence-corrected chi connectivity index (χ3v) is 4.20. The van der Waals surface area contributed by atoms with Crippen LogP contribution < -0.4 is 5.11 Å². The summed E-state index contributed by atoms with van der Waals surface area (Å²) < 4.78 is 0. The summed E-state index contributed by atoms with van der Waals surface area (Å²) in [6.45, 7) is 0.513. The summed E-state index contributed by atoms with van der Waals surface area (Å²) in [5, 5.41) is 12.1. The molecule has 1 aromatic carbocycles. The number of amides is 1. The van der Waals surface area contributed by atoms with Crippen molar-refractivity contribution in [1.29, 1.82) is 0 Å². The van der Waals surface area contributed by atoms with Crippen molar-refractivity contribution in [2.24, 2.45) is 0 Å². The van der Waals surface area contributed by atoms with E-state index in [2.05, 4.69) is 9.97 Å². The van der Waals surface area contributed by atoms with Crippen molar-refractivity contribution in [2.45, 2.75) is 12.8 Å². The number of para-hydroxylation sites is 1. The minimum Gasteiger partial charge on any atom is -0.543 e. The summed E-state index contributed by atoms with van der Waals surface area (Å²) in [7, 11) is 1.71. The van der Waals surface area contributed by atoms with Crippen LogP contribution in [0.5, 0.6) is 0 Å². The number of benzene rings is 1. The van der Waals surface area contributed by atoms with Crippen LogP contribution in [0.3, 0.4) is 0 Å². The van der Waals surface area contributed by atoms with Gasteiger partial charge in [0, 0.05) is 42.8 Å². The number of carbonyl (C=O) groups is 2. The summed E-state index contributed by atoms with van der Waals surface area (Å²) in [6.07, 6.45) is 2.37. The summed E-state index contributed by atoms with van der Waals surface area (Å²) in [5.74, 6) is -1.46. The van der Waals surface area contributed by atoms with Gasteiger partial charge < -0.3 is 19.8 Å². The van der Waals surface area contributed by atoms with Gasteiger partial charge in [-0.3, -0.25) is 9.78 Å². The number of carboxylic acids is 1. The molecule has 128 valence electrons. The van der Waals surface area contributed by atoms with E-state index in [1.165, 1.54) is 0 Å². The first-order chi connectivity index (χ1) is 12.1. The summed E-state index contributed by atoms with van der Waals surface area (Å²) >= 11 is 0. The molecule has 0 spiro atoms. The molecule has 3 aromatic rings. The van der Waals surface area contributed by atoms with E-state index in [1.807, 2.05) is 30.3 Å². The van der Waals surface area contributed by atoms with Crippen molar-refractivity contribution < 1.29 is 14.7 Å². The standard InChI is InChI=1S/C19H19N3O3/c1-22(11-9-13-6-4-5-10-20-13)17(23)12-15-14-7-2-3-8-16(14)21-18(15)19(24)25/h2-8,10,21H,9,11-12H2,1H3,(H,24,25)/p-1. The van der Waals surface area contributed by atoms with E-state index < -0.39 is 5.97 Å². The normalized spacial score (nSPS) is 10.8. The Bertz CT molecular complexity index is 903. The molecule has 25 heavy (non-hydrogen) atoms. The molecule has 0 aliphatic carbocycles. The second-order valence-corrected chi connectivity index (χ2v) is 5.87. The van der Waals surface area contributed by atoms with Crippen LogP contribution in [0.2, 0.25) is 0 Å². The number of nitrogens with zero attached hydrogens (tertiary/aromatic N) is 2. The largest absolute Gasteiger partial charge is 0.543 e. The molecule has 1 amide bonds. The molecule has 1 N–H and O–H groups in total. The SMILES string of the molecule is CN(CCc1ccccn1)C(=O)Cc1c(C(=O)[O-])[nH]c2ccccc12. The van der Waals surface area contributed by atoms with Crippen molar-refractivity contribution >= 4 is 22.8 Å². The van der Waals surface area contributed by atoms with Gasteiger partial charge in [-0.05, 0) is 23.8 Å². The number of rotatable bonds is 6. The molecule has 0 fully saturated rings. The van der Waals surface area contributed by atoms with E-state index in [9.17, 15) is 14.7 Å². The highest BCUT2D eigenvalue weighted by atomic mass is 16.4.